The lowest BCUT2D eigenvalue weighted by molar-refractivity contribution is -0.121. The van der Waals surface area contributed by atoms with Crippen LogP contribution in [0.5, 0.6) is 0 Å². The molecule has 1 fully saturated rings. The van der Waals surface area contributed by atoms with Gasteiger partial charge in [0.05, 0.1) is 0 Å². The van der Waals surface area contributed by atoms with E-state index in [4.69, 9.17) is 23.2 Å². The van der Waals surface area contributed by atoms with E-state index >= 15 is 0 Å². The van der Waals surface area contributed by atoms with E-state index in [-0.39, 0.29) is 5.92 Å². The number of carbonyl (C=O) groups excluding carboxylic acids is 1. The highest BCUT2D eigenvalue weighted by Crippen LogP contribution is 2.34. The number of H-pyrrole nitrogens is 1. The lowest BCUT2D eigenvalue weighted by atomic mass is 9.89. The third-order valence-corrected chi connectivity index (χ3v) is 5.57. The molecule has 0 amide bonds. The van der Waals surface area contributed by atoms with E-state index in [0.717, 1.165) is 56.3 Å². The molecular weight excluding hydrogens is 383 g/mol. The molecule has 3 rings (SSSR count). The van der Waals surface area contributed by atoms with Crippen LogP contribution in [0.25, 0.3) is 6.08 Å². The summed E-state index contributed by atoms with van der Waals surface area (Å²) in [6.07, 6.45) is 12.0. The predicted molar refractivity (Wildman–Crippen MR) is 108 cm³/mol. The van der Waals surface area contributed by atoms with Crippen LogP contribution in [0.15, 0.2) is 24.3 Å². The smallest absolute Gasteiger partial charge is 0.174 e. The van der Waals surface area contributed by atoms with E-state index in [0.29, 0.717) is 28.2 Å². The second-order valence-corrected chi connectivity index (χ2v) is 7.99. The Morgan fingerprint density at radius 1 is 1.11 bits per heavy atom. The van der Waals surface area contributed by atoms with Gasteiger partial charge in [-0.3, -0.25) is 4.79 Å². The van der Waals surface area contributed by atoms with Crippen molar-refractivity contribution in [2.24, 2.45) is 11.8 Å². The van der Waals surface area contributed by atoms with Gasteiger partial charge in [0.1, 0.15) is 5.78 Å². The zero-order chi connectivity index (χ0) is 19.1. The summed E-state index contributed by atoms with van der Waals surface area (Å²) in [6, 6.07) is 5.50. The summed E-state index contributed by atoms with van der Waals surface area (Å²) in [5, 5.41) is 15.2. The number of hydrogen-bond donors (Lipinski definition) is 1. The van der Waals surface area contributed by atoms with Crippen LogP contribution in [0.4, 0.5) is 0 Å². The Kier molecular flexibility index (Phi) is 7.41. The van der Waals surface area contributed by atoms with Crippen molar-refractivity contribution < 1.29 is 4.79 Å². The lowest BCUT2D eigenvalue weighted by Crippen LogP contribution is -2.13. The maximum absolute atomic E-state index is 12.3. The number of nitrogens with zero attached hydrogens (tertiary/aromatic N) is 3. The van der Waals surface area contributed by atoms with Crippen LogP contribution < -0.4 is 0 Å². The van der Waals surface area contributed by atoms with Gasteiger partial charge in [-0.25, -0.2) is 0 Å². The summed E-state index contributed by atoms with van der Waals surface area (Å²) in [6.45, 7) is 0. The number of aromatic amines is 1. The molecule has 0 aliphatic heterocycles. The molecular formula is C20H24Cl2N4O. The fourth-order valence-electron chi connectivity index (χ4n) is 3.74. The Labute approximate surface area is 169 Å². The summed E-state index contributed by atoms with van der Waals surface area (Å²) in [4.78, 5) is 12.3. The molecule has 1 N–H and O–H groups in total. The van der Waals surface area contributed by atoms with Crippen LogP contribution in [0.3, 0.4) is 0 Å². The topological polar surface area (TPSA) is 71.5 Å². The molecule has 2 atom stereocenters. The Balaban J connectivity index is 1.44. The minimum absolute atomic E-state index is 0.146. The molecule has 5 nitrogen and oxygen atoms in total. The van der Waals surface area contributed by atoms with Crippen molar-refractivity contribution in [1.82, 2.24) is 20.6 Å². The molecule has 0 spiro atoms. The quantitative estimate of drug-likeness (QED) is 0.572. The number of allylic oxidation sites excluding steroid dienone is 1. The van der Waals surface area contributed by atoms with Crippen molar-refractivity contribution in [3.8, 4) is 0 Å². The van der Waals surface area contributed by atoms with E-state index in [1.807, 2.05) is 18.2 Å². The van der Waals surface area contributed by atoms with Gasteiger partial charge in [-0.1, -0.05) is 59.8 Å². The molecule has 2 aromatic rings. The Morgan fingerprint density at radius 2 is 1.89 bits per heavy atom. The SMILES string of the molecule is O=C1CCC(/C=C/c2cc(Cl)cc(Cl)c2)C1CCCCCCc1nn[nH]n1. The van der Waals surface area contributed by atoms with E-state index in [1.54, 1.807) is 6.07 Å². The van der Waals surface area contributed by atoms with Gasteiger partial charge < -0.3 is 0 Å². The zero-order valence-electron chi connectivity index (χ0n) is 15.2. The summed E-state index contributed by atoms with van der Waals surface area (Å²) < 4.78 is 0. The number of rotatable bonds is 9. The molecule has 144 valence electrons. The van der Waals surface area contributed by atoms with Gasteiger partial charge in [0.2, 0.25) is 0 Å². The number of halogens is 2. The molecule has 0 radical (unpaired) electrons. The molecule has 1 aromatic carbocycles. The van der Waals surface area contributed by atoms with Gasteiger partial charge in [0.15, 0.2) is 5.82 Å². The van der Waals surface area contributed by atoms with Crippen LogP contribution in [-0.2, 0) is 11.2 Å². The fraction of sp³-hybridized carbons (Fsp3) is 0.500. The highest BCUT2D eigenvalue weighted by molar-refractivity contribution is 6.34. The maximum Gasteiger partial charge on any atom is 0.174 e. The number of ketones is 1. The number of tetrazole rings is 1. The van der Waals surface area contributed by atoms with Gasteiger partial charge in [-0.05, 0) is 48.9 Å². The van der Waals surface area contributed by atoms with Crippen molar-refractivity contribution in [1.29, 1.82) is 0 Å². The Bertz CT molecular complexity index is 756. The average Bonchev–Trinajstić information content (AvgIpc) is 3.26. The molecule has 1 aliphatic rings. The van der Waals surface area contributed by atoms with Crippen LogP contribution in [0.1, 0.15) is 56.3 Å². The maximum atomic E-state index is 12.3. The fourth-order valence-corrected chi connectivity index (χ4v) is 4.28. The molecule has 0 saturated heterocycles. The molecule has 1 aromatic heterocycles. The Morgan fingerprint density at radius 3 is 2.63 bits per heavy atom. The van der Waals surface area contributed by atoms with Gasteiger partial charge in [-0.2, -0.15) is 5.21 Å². The summed E-state index contributed by atoms with van der Waals surface area (Å²) in [5.74, 6) is 1.63. The number of aromatic nitrogens is 4. The molecule has 2 unspecified atom stereocenters. The Hall–Kier alpha value is -1.72. The van der Waals surface area contributed by atoms with Crippen molar-refractivity contribution in [2.75, 3.05) is 0 Å². The third-order valence-electron chi connectivity index (χ3n) is 5.13. The first kappa shape index (κ1) is 20.0. The number of aryl methyl sites for hydroxylation is 1. The van der Waals surface area contributed by atoms with Crippen molar-refractivity contribution >= 4 is 35.1 Å². The number of hydrogen-bond acceptors (Lipinski definition) is 4. The average molecular weight is 407 g/mol. The van der Waals surface area contributed by atoms with Crippen LogP contribution >= 0.6 is 23.2 Å². The molecule has 1 aliphatic carbocycles. The van der Waals surface area contributed by atoms with Crippen molar-refractivity contribution in [3.63, 3.8) is 0 Å². The number of nitrogens with one attached hydrogen (secondary N) is 1. The normalized spacial score (nSPS) is 20.0. The van der Waals surface area contributed by atoms with Crippen LogP contribution in [0, 0.1) is 11.8 Å². The number of benzene rings is 1. The molecule has 0 bridgehead atoms. The predicted octanol–water partition coefficient (Wildman–Crippen LogP) is 5.31. The molecule has 1 saturated carbocycles. The second-order valence-electron chi connectivity index (χ2n) is 7.12. The van der Waals surface area contributed by atoms with Gasteiger partial charge >= 0.3 is 0 Å². The monoisotopic (exact) mass is 406 g/mol. The lowest BCUT2D eigenvalue weighted by Gasteiger charge is -2.15. The number of Topliss-reactive ketones (excluding diaryl/α,β-unsaturated/α-hetero) is 1. The highest BCUT2D eigenvalue weighted by Gasteiger charge is 2.32. The van der Waals surface area contributed by atoms with Gasteiger partial charge in [-0.15, -0.1) is 10.2 Å². The first-order chi connectivity index (χ1) is 13.1. The minimum Gasteiger partial charge on any atom is -0.299 e. The molecule has 1 heterocycles. The molecule has 27 heavy (non-hydrogen) atoms. The van der Waals surface area contributed by atoms with E-state index in [9.17, 15) is 4.79 Å². The first-order valence-corrected chi connectivity index (χ1v) is 10.3. The van der Waals surface area contributed by atoms with Gasteiger partial charge in [0, 0.05) is 28.8 Å². The number of unbranched alkanes of at least 4 members (excludes halogenated alkanes) is 3. The summed E-state index contributed by atoms with van der Waals surface area (Å²) in [7, 11) is 0. The largest absolute Gasteiger partial charge is 0.299 e. The van der Waals surface area contributed by atoms with Crippen LogP contribution in [-0.4, -0.2) is 26.4 Å². The van der Waals surface area contributed by atoms with Crippen LogP contribution in [0.2, 0.25) is 10.0 Å². The molecule has 7 heteroatoms. The zero-order valence-corrected chi connectivity index (χ0v) is 16.7. The van der Waals surface area contributed by atoms with Gasteiger partial charge in [0.25, 0.3) is 0 Å². The van der Waals surface area contributed by atoms with E-state index < -0.39 is 0 Å². The highest BCUT2D eigenvalue weighted by atomic mass is 35.5. The van der Waals surface area contributed by atoms with Crippen molar-refractivity contribution in [2.45, 2.75) is 51.4 Å². The minimum atomic E-state index is 0.146. The summed E-state index contributed by atoms with van der Waals surface area (Å²) >= 11 is 12.1. The van der Waals surface area contributed by atoms with E-state index in [1.165, 1.54) is 0 Å². The summed E-state index contributed by atoms with van der Waals surface area (Å²) in [5.41, 5.74) is 0.979. The van der Waals surface area contributed by atoms with E-state index in [2.05, 4.69) is 26.7 Å². The first-order valence-electron chi connectivity index (χ1n) is 9.51. The van der Waals surface area contributed by atoms with Crippen molar-refractivity contribution in [3.05, 3.63) is 45.7 Å². The number of carbonyl (C=O) groups is 1. The second kappa shape index (κ2) is 10.00. The third kappa shape index (κ3) is 6.15. The standard InChI is InChI=1S/C20H24Cl2N4O/c21-16-11-14(12-17(22)13-16)7-8-15-9-10-19(27)18(15)5-3-1-2-4-6-20-23-25-26-24-20/h7-8,11-13,15,18H,1-6,9-10H2,(H,23,24,25,26)/b8-7+.